The Balaban J connectivity index is 1.57. The van der Waals surface area contributed by atoms with Gasteiger partial charge in [0.25, 0.3) is 5.91 Å². The minimum atomic E-state index is -3.65. The van der Waals surface area contributed by atoms with Crippen LogP contribution in [0, 0.1) is 20.8 Å². The number of aryl methyl sites for hydroxylation is 3. The number of hydrogen-bond acceptors (Lipinski definition) is 4. The highest BCUT2D eigenvalue weighted by Crippen LogP contribution is 2.26. The number of carbonyl (C=O) groups excluding carboxylic acids is 1. The molecule has 0 atom stereocenters. The number of carbonyl (C=O) groups is 1. The molecule has 0 bridgehead atoms. The number of sulfonamides is 1. The van der Waals surface area contributed by atoms with Gasteiger partial charge in [-0.2, -0.15) is 4.31 Å². The number of amides is 1. The quantitative estimate of drug-likeness (QED) is 0.679. The lowest BCUT2D eigenvalue weighted by molar-refractivity contribution is 0.0699. The number of benzene rings is 2. The molecule has 7 nitrogen and oxygen atoms in total. The van der Waals surface area contributed by atoms with Gasteiger partial charge in [0.1, 0.15) is 0 Å². The molecule has 31 heavy (non-hydrogen) atoms. The fourth-order valence-corrected chi connectivity index (χ4v) is 6.22. The average Bonchev–Trinajstić information content (AvgIpc) is 2.71. The maximum absolute atomic E-state index is 13.3. The molecule has 1 fully saturated rings. The number of para-hydroxylation sites is 1. The van der Waals surface area contributed by atoms with Crippen LogP contribution in [0.25, 0.3) is 10.9 Å². The van der Waals surface area contributed by atoms with Crippen molar-refractivity contribution in [2.45, 2.75) is 25.7 Å². The third-order valence-electron chi connectivity index (χ3n) is 5.71. The maximum atomic E-state index is 13.3. The Bertz CT molecular complexity index is 1310. The highest BCUT2D eigenvalue weighted by molar-refractivity contribution is 7.89. The molecule has 2 heterocycles. The van der Waals surface area contributed by atoms with Crippen LogP contribution in [0.5, 0.6) is 0 Å². The van der Waals surface area contributed by atoms with E-state index in [0.29, 0.717) is 21.4 Å². The van der Waals surface area contributed by atoms with Crippen molar-refractivity contribution >= 4 is 26.8 Å². The third kappa shape index (κ3) is 3.88. The highest BCUT2D eigenvalue weighted by Gasteiger charge is 2.32. The molecule has 1 aliphatic rings. The molecule has 4 rings (SSSR count). The minimum Gasteiger partial charge on any atom is -0.336 e. The lowest BCUT2D eigenvalue weighted by atomic mass is 10.1. The average molecular weight is 440 g/mol. The summed E-state index contributed by atoms with van der Waals surface area (Å²) in [6, 6.07) is 12.2. The number of nitrogens with zero attached hydrogens (tertiary/aromatic N) is 2. The number of H-pyrrole nitrogens is 1. The summed E-state index contributed by atoms with van der Waals surface area (Å²) in [4.78, 5) is 29.8. The molecule has 1 N–H and O–H groups in total. The zero-order valence-electron chi connectivity index (χ0n) is 17.8. The molecule has 1 aliphatic heterocycles. The summed E-state index contributed by atoms with van der Waals surface area (Å²) in [5, 5.41) is 0.674. The van der Waals surface area contributed by atoms with Crippen LogP contribution in [0.2, 0.25) is 0 Å². The molecule has 0 saturated carbocycles. The van der Waals surface area contributed by atoms with Crippen LogP contribution in [0.3, 0.4) is 0 Å². The molecule has 1 amide bonds. The Kier molecular flexibility index (Phi) is 5.45. The van der Waals surface area contributed by atoms with E-state index in [9.17, 15) is 18.0 Å². The van der Waals surface area contributed by atoms with Gasteiger partial charge in [0.2, 0.25) is 15.6 Å². The van der Waals surface area contributed by atoms with Crippen molar-refractivity contribution in [3.05, 3.63) is 75.1 Å². The van der Waals surface area contributed by atoms with E-state index in [1.165, 1.54) is 10.4 Å². The first-order chi connectivity index (χ1) is 14.7. The number of aromatic amines is 1. The van der Waals surface area contributed by atoms with E-state index >= 15 is 0 Å². The van der Waals surface area contributed by atoms with Gasteiger partial charge < -0.3 is 9.88 Å². The summed E-state index contributed by atoms with van der Waals surface area (Å²) in [5.74, 6) is -0.262. The minimum absolute atomic E-state index is 0.210. The Hall–Kier alpha value is -2.97. The number of hydrogen-bond donors (Lipinski definition) is 1. The SMILES string of the molecule is Cc1cc(C)c(S(=O)(=O)N2CCN(C(=O)c3cc(=O)[nH]c4ccccc34)CC2)c(C)c1. The van der Waals surface area contributed by atoms with Crippen molar-refractivity contribution in [2.24, 2.45) is 0 Å². The first-order valence-corrected chi connectivity index (χ1v) is 11.6. The van der Waals surface area contributed by atoms with Crippen LogP contribution >= 0.6 is 0 Å². The van der Waals surface area contributed by atoms with Gasteiger partial charge in [-0.3, -0.25) is 9.59 Å². The smallest absolute Gasteiger partial charge is 0.254 e. The van der Waals surface area contributed by atoms with Gasteiger partial charge in [-0.25, -0.2) is 8.42 Å². The topological polar surface area (TPSA) is 90.6 Å². The lowest BCUT2D eigenvalue weighted by Crippen LogP contribution is -2.50. The van der Waals surface area contributed by atoms with Crippen molar-refractivity contribution in [1.82, 2.24) is 14.2 Å². The second-order valence-corrected chi connectivity index (χ2v) is 9.89. The van der Waals surface area contributed by atoms with Crippen LogP contribution in [0.15, 0.2) is 52.2 Å². The number of pyridine rings is 1. The van der Waals surface area contributed by atoms with E-state index in [1.807, 2.05) is 39.0 Å². The summed E-state index contributed by atoms with van der Waals surface area (Å²) in [5.41, 5.74) is 3.07. The summed E-state index contributed by atoms with van der Waals surface area (Å²) < 4.78 is 28.0. The largest absolute Gasteiger partial charge is 0.336 e. The molecule has 8 heteroatoms. The van der Waals surface area contributed by atoms with Crippen LogP contribution in [0.4, 0.5) is 0 Å². The molecule has 0 spiro atoms. The van der Waals surface area contributed by atoms with Crippen LogP contribution in [-0.2, 0) is 10.0 Å². The Morgan fingerprint density at radius 1 is 0.935 bits per heavy atom. The Labute approximate surface area is 181 Å². The molecule has 0 unspecified atom stereocenters. The first-order valence-electron chi connectivity index (χ1n) is 10.2. The van der Waals surface area contributed by atoms with Crippen molar-refractivity contribution in [3.63, 3.8) is 0 Å². The predicted octanol–water partition coefficient (Wildman–Crippen LogP) is 2.60. The van der Waals surface area contributed by atoms with E-state index in [2.05, 4.69) is 4.98 Å². The second-order valence-electron chi connectivity index (χ2n) is 8.02. The van der Waals surface area contributed by atoms with E-state index in [4.69, 9.17) is 0 Å². The van der Waals surface area contributed by atoms with Gasteiger partial charge in [0.15, 0.2) is 0 Å². The fourth-order valence-electron chi connectivity index (χ4n) is 4.39. The summed E-state index contributed by atoms with van der Waals surface area (Å²) in [7, 11) is -3.65. The van der Waals surface area contributed by atoms with Crippen molar-refractivity contribution in [2.75, 3.05) is 26.2 Å². The lowest BCUT2D eigenvalue weighted by Gasteiger charge is -2.34. The zero-order chi connectivity index (χ0) is 22.3. The highest BCUT2D eigenvalue weighted by atomic mass is 32.2. The van der Waals surface area contributed by atoms with Gasteiger partial charge in [-0.1, -0.05) is 35.9 Å². The van der Waals surface area contributed by atoms with Crippen molar-refractivity contribution in [3.8, 4) is 0 Å². The fraction of sp³-hybridized carbons (Fsp3) is 0.304. The number of rotatable bonds is 3. The third-order valence-corrected chi connectivity index (χ3v) is 7.91. The van der Waals surface area contributed by atoms with Gasteiger partial charge in [0.05, 0.1) is 10.5 Å². The molecular weight excluding hydrogens is 414 g/mol. The van der Waals surface area contributed by atoms with E-state index < -0.39 is 10.0 Å². The van der Waals surface area contributed by atoms with Gasteiger partial charge in [0, 0.05) is 43.1 Å². The summed E-state index contributed by atoms with van der Waals surface area (Å²) in [6.45, 7) is 6.52. The van der Waals surface area contributed by atoms with E-state index in [1.54, 1.807) is 23.1 Å². The molecule has 1 saturated heterocycles. The standard InChI is InChI=1S/C23H25N3O4S/c1-15-12-16(2)22(17(3)13-15)31(29,30)26-10-8-25(9-11-26)23(28)19-14-21(27)24-20-7-5-4-6-18(19)20/h4-7,12-14H,8-11H2,1-3H3,(H,24,27). The van der Waals surface area contributed by atoms with Crippen molar-refractivity contribution < 1.29 is 13.2 Å². The molecule has 2 aromatic carbocycles. The molecule has 0 radical (unpaired) electrons. The van der Waals surface area contributed by atoms with E-state index in [0.717, 1.165) is 16.7 Å². The zero-order valence-corrected chi connectivity index (χ0v) is 18.6. The normalized spacial score (nSPS) is 15.4. The maximum Gasteiger partial charge on any atom is 0.254 e. The molecule has 1 aromatic heterocycles. The number of aromatic nitrogens is 1. The molecule has 162 valence electrons. The number of piperazine rings is 1. The van der Waals surface area contributed by atoms with Crippen LogP contribution in [-0.4, -0.2) is 54.7 Å². The summed E-state index contributed by atoms with van der Waals surface area (Å²) >= 11 is 0. The second kappa shape index (κ2) is 7.94. The van der Waals surface area contributed by atoms with E-state index in [-0.39, 0.29) is 37.6 Å². The predicted molar refractivity (Wildman–Crippen MR) is 120 cm³/mol. The molecule has 3 aromatic rings. The Morgan fingerprint density at radius 3 is 2.19 bits per heavy atom. The number of nitrogens with one attached hydrogen (secondary N) is 1. The van der Waals surface area contributed by atoms with Crippen LogP contribution < -0.4 is 5.56 Å². The summed E-state index contributed by atoms with van der Waals surface area (Å²) in [6.07, 6.45) is 0. The molecular formula is C23H25N3O4S. The van der Waals surface area contributed by atoms with Crippen molar-refractivity contribution in [1.29, 1.82) is 0 Å². The molecule has 0 aliphatic carbocycles. The van der Waals surface area contributed by atoms with Gasteiger partial charge in [-0.15, -0.1) is 0 Å². The van der Waals surface area contributed by atoms with Gasteiger partial charge in [-0.05, 0) is 38.0 Å². The number of fused-ring (bicyclic) bond motifs is 1. The van der Waals surface area contributed by atoms with Crippen LogP contribution in [0.1, 0.15) is 27.0 Å². The van der Waals surface area contributed by atoms with Gasteiger partial charge >= 0.3 is 0 Å². The Morgan fingerprint density at radius 2 is 1.55 bits per heavy atom. The first kappa shape index (κ1) is 21.3. The monoisotopic (exact) mass is 439 g/mol.